The molecule has 0 radical (unpaired) electrons. The van der Waals surface area contributed by atoms with E-state index >= 15 is 0 Å². The van der Waals surface area contributed by atoms with Gasteiger partial charge in [0.25, 0.3) is 5.56 Å². The molecule has 0 saturated heterocycles. The molecular formula is C18H20N6O. The van der Waals surface area contributed by atoms with Crippen molar-refractivity contribution in [3.63, 3.8) is 0 Å². The standard InChI is InChI=1S/C18H20N6O/c1-23(2)10-6-9-20-16-14(11-19)17-21-12-15(18(25)24(17)22-16)13-7-4-3-5-8-13/h3-5,7-8,12,20,22H,6,9-10H2,1-2H3. The second kappa shape index (κ2) is 7.20. The van der Waals surface area contributed by atoms with Crippen LogP contribution in [-0.2, 0) is 0 Å². The summed E-state index contributed by atoms with van der Waals surface area (Å²) in [7, 11) is 4.02. The molecular weight excluding hydrogens is 316 g/mol. The molecule has 2 heterocycles. The lowest BCUT2D eigenvalue weighted by Gasteiger charge is -2.09. The lowest BCUT2D eigenvalue weighted by atomic mass is 10.1. The molecule has 0 aliphatic rings. The van der Waals surface area contributed by atoms with Crippen LogP contribution in [0.15, 0.2) is 41.3 Å². The van der Waals surface area contributed by atoms with Gasteiger partial charge >= 0.3 is 0 Å². The van der Waals surface area contributed by atoms with Gasteiger partial charge in [-0.3, -0.25) is 9.89 Å². The van der Waals surface area contributed by atoms with Gasteiger partial charge in [-0.05, 0) is 32.6 Å². The molecule has 3 rings (SSSR count). The van der Waals surface area contributed by atoms with E-state index in [0.717, 1.165) is 18.5 Å². The van der Waals surface area contributed by atoms with Crippen LogP contribution in [0.25, 0.3) is 16.8 Å². The van der Waals surface area contributed by atoms with Gasteiger partial charge in [0, 0.05) is 12.7 Å². The zero-order valence-corrected chi connectivity index (χ0v) is 14.3. The number of nitrogens with zero attached hydrogens (tertiary/aromatic N) is 4. The molecule has 1 aromatic carbocycles. The minimum Gasteiger partial charge on any atom is -0.369 e. The predicted octanol–water partition coefficient (Wildman–Crippen LogP) is 1.92. The first kappa shape index (κ1) is 16.7. The van der Waals surface area contributed by atoms with Gasteiger partial charge < -0.3 is 10.2 Å². The SMILES string of the molecule is CN(C)CCCNc1[nH]n2c(=O)c(-c3ccccc3)cnc2c1C#N. The Kier molecular flexibility index (Phi) is 4.82. The molecule has 0 aliphatic heterocycles. The van der Waals surface area contributed by atoms with E-state index in [1.165, 1.54) is 10.7 Å². The van der Waals surface area contributed by atoms with E-state index in [1.807, 2.05) is 44.4 Å². The van der Waals surface area contributed by atoms with Gasteiger partial charge in [-0.15, -0.1) is 0 Å². The lowest BCUT2D eigenvalue weighted by Crippen LogP contribution is -2.18. The maximum Gasteiger partial charge on any atom is 0.280 e. The highest BCUT2D eigenvalue weighted by Crippen LogP contribution is 2.19. The zero-order valence-electron chi connectivity index (χ0n) is 14.3. The predicted molar refractivity (Wildman–Crippen MR) is 97.6 cm³/mol. The van der Waals surface area contributed by atoms with Crippen molar-refractivity contribution in [3.05, 3.63) is 52.4 Å². The normalized spacial score (nSPS) is 11.0. The fraction of sp³-hybridized carbons (Fsp3) is 0.278. The summed E-state index contributed by atoms with van der Waals surface area (Å²) in [6.45, 7) is 1.63. The third kappa shape index (κ3) is 3.39. The first-order chi connectivity index (χ1) is 12.1. The Hall–Kier alpha value is -3.11. The number of rotatable bonds is 6. The summed E-state index contributed by atoms with van der Waals surface area (Å²) < 4.78 is 1.33. The van der Waals surface area contributed by atoms with E-state index in [1.54, 1.807) is 0 Å². The third-order valence-electron chi connectivity index (χ3n) is 3.94. The van der Waals surface area contributed by atoms with Crippen LogP contribution in [-0.4, -0.2) is 46.7 Å². The lowest BCUT2D eigenvalue weighted by molar-refractivity contribution is 0.405. The Morgan fingerprint density at radius 1 is 1.32 bits per heavy atom. The quantitative estimate of drug-likeness (QED) is 0.671. The van der Waals surface area contributed by atoms with Crippen molar-refractivity contribution in [3.8, 4) is 17.2 Å². The van der Waals surface area contributed by atoms with Crippen molar-refractivity contribution in [1.29, 1.82) is 5.26 Å². The Labute approximate surface area is 145 Å². The van der Waals surface area contributed by atoms with Gasteiger partial charge in [0.05, 0.1) is 5.56 Å². The molecule has 7 nitrogen and oxygen atoms in total. The largest absolute Gasteiger partial charge is 0.369 e. The van der Waals surface area contributed by atoms with E-state index in [9.17, 15) is 10.1 Å². The number of H-pyrrole nitrogens is 1. The fourth-order valence-electron chi connectivity index (χ4n) is 2.67. The number of benzene rings is 1. The molecule has 0 saturated carbocycles. The summed E-state index contributed by atoms with van der Waals surface area (Å²) in [6, 6.07) is 11.5. The fourth-order valence-corrected chi connectivity index (χ4v) is 2.67. The highest BCUT2D eigenvalue weighted by atomic mass is 16.1. The van der Waals surface area contributed by atoms with E-state index in [-0.39, 0.29) is 5.56 Å². The van der Waals surface area contributed by atoms with E-state index < -0.39 is 0 Å². The van der Waals surface area contributed by atoms with Crippen molar-refractivity contribution in [2.24, 2.45) is 0 Å². The monoisotopic (exact) mass is 336 g/mol. The van der Waals surface area contributed by atoms with Gasteiger partial charge in [-0.25, -0.2) is 4.98 Å². The molecule has 0 amide bonds. The molecule has 2 N–H and O–H groups in total. The number of aromatic nitrogens is 3. The molecule has 25 heavy (non-hydrogen) atoms. The number of nitriles is 1. The van der Waals surface area contributed by atoms with Crippen LogP contribution < -0.4 is 10.9 Å². The molecule has 0 spiro atoms. The molecule has 128 valence electrons. The number of hydrogen-bond acceptors (Lipinski definition) is 5. The molecule has 0 bridgehead atoms. The molecule has 0 aliphatic carbocycles. The molecule has 3 aromatic rings. The van der Waals surface area contributed by atoms with Crippen LogP contribution in [0.1, 0.15) is 12.0 Å². The van der Waals surface area contributed by atoms with Crippen molar-refractivity contribution in [2.75, 3.05) is 32.5 Å². The van der Waals surface area contributed by atoms with Crippen LogP contribution in [0.2, 0.25) is 0 Å². The summed E-state index contributed by atoms with van der Waals surface area (Å²) in [5.41, 5.74) is 1.74. The number of nitrogens with one attached hydrogen (secondary N) is 2. The maximum absolute atomic E-state index is 12.8. The minimum absolute atomic E-state index is 0.228. The van der Waals surface area contributed by atoms with Gasteiger partial charge in [0.1, 0.15) is 17.5 Å². The first-order valence-corrected chi connectivity index (χ1v) is 8.09. The van der Waals surface area contributed by atoms with Crippen LogP contribution in [0.4, 0.5) is 5.82 Å². The van der Waals surface area contributed by atoms with E-state index in [2.05, 4.69) is 26.4 Å². The topological polar surface area (TPSA) is 89.2 Å². The zero-order chi connectivity index (χ0) is 17.8. The molecule has 0 atom stereocenters. The smallest absolute Gasteiger partial charge is 0.280 e. The average molecular weight is 336 g/mol. The average Bonchev–Trinajstić information content (AvgIpc) is 2.98. The summed E-state index contributed by atoms with van der Waals surface area (Å²) in [4.78, 5) is 19.2. The van der Waals surface area contributed by atoms with Crippen molar-refractivity contribution in [1.82, 2.24) is 19.5 Å². The van der Waals surface area contributed by atoms with Gasteiger partial charge in [-0.2, -0.15) is 9.78 Å². The number of fused-ring (bicyclic) bond motifs is 1. The van der Waals surface area contributed by atoms with Crippen LogP contribution in [0.5, 0.6) is 0 Å². The maximum atomic E-state index is 12.8. The number of anilines is 1. The van der Waals surface area contributed by atoms with Gasteiger partial charge in [0.2, 0.25) is 0 Å². The van der Waals surface area contributed by atoms with Crippen LogP contribution in [0, 0.1) is 11.3 Å². The second-order valence-corrected chi connectivity index (χ2v) is 6.06. The Balaban J connectivity index is 1.97. The van der Waals surface area contributed by atoms with Gasteiger partial charge in [-0.1, -0.05) is 30.3 Å². The summed E-state index contributed by atoms with van der Waals surface area (Å²) in [6.07, 6.45) is 2.45. The molecule has 0 fully saturated rings. The summed E-state index contributed by atoms with van der Waals surface area (Å²) in [5.74, 6) is 0.524. The van der Waals surface area contributed by atoms with Crippen LogP contribution in [0.3, 0.4) is 0 Å². The Bertz CT molecular complexity index is 965. The molecule has 2 aromatic heterocycles. The van der Waals surface area contributed by atoms with E-state index in [0.29, 0.717) is 29.1 Å². The third-order valence-corrected chi connectivity index (χ3v) is 3.94. The van der Waals surface area contributed by atoms with Gasteiger partial charge in [0.15, 0.2) is 5.65 Å². The Morgan fingerprint density at radius 2 is 2.08 bits per heavy atom. The molecule has 7 heteroatoms. The van der Waals surface area contributed by atoms with Crippen LogP contribution >= 0.6 is 0 Å². The first-order valence-electron chi connectivity index (χ1n) is 8.09. The highest BCUT2D eigenvalue weighted by Gasteiger charge is 2.16. The minimum atomic E-state index is -0.228. The number of aromatic amines is 1. The van der Waals surface area contributed by atoms with Crippen molar-refractivity contribution < 1.29 is 0 Å². The van der Waals surface area contributed by atoms with Crippen molar-refractivity contribution in [2.45, 2.75) is 6.42 Å². The summed E-state index contributed by atoms with van der Waals surface area (Å²) in [5, 5.41) is 15.6. The van der Waals surface area contributed by atoms with E-state index in [4.69, 9.17) is 0 Å². The second-order valence-electron chi connectivity index (χ2n) is 6.06. The number of hydrogen-bond donors (Lipinski definition) is 2. The summed E-state index contributed by atoms with van der Waals surface area (Å²) >= 11 is 0. The van der Waals surface area contributed by atoms with Crippen molar-refractivity contribution >= 4 is 11.5 Å². The highest BCUT2D eigenvalue weighted by molar-refractivity contribution is 5.70. The Morgan fingerprint density at radius 3 is 2.76 bits per heavy atom. The molecule has 0 unspecified atom stereocenters.